The molecule has 96 valence electrons. The molecule has 0 aliphatic rings. The van der Waals surface area contributed by atoms with Gasteiger partial charge in [0.25, 0.3) is 0 Å². The van der Waals surface area contributed by atoms with Crippen LogP contribution in [0.4, 0.5) is 0 Å². The summed E-state index contributed by atoms with van der Waals surface area (Å²) in [5.41, 5.74) is 0.703. The second-order valence-corrected chi connectivity index (χ2v) is 6.24. The fraction of sp³-hybridized carbons (Fsp3) is 0.545. The van der Waals surface area contributed by atoms with E-state index in [1.807, 2.05) is 6.07 Å². The maximum atomic E-state index is 11.8. The number of alkyl halides is 1. The van der Waals surface area contributed by atoms with Crippen LogP contribution in [0.1, 0.15) is 25.6 Å². The molecular formula is C11H17ClN2O2S. The lowest BCUT2D eigenvalue weighted by atomic mass is 10.2. The summed E-state index contributed by atoms with van der Waals surface area (Å²) >= 11 is 5.61. The minimum absolute atomic E-state index is 0.0354. The first kappa shape index (κ1) is 14.4. The molecule has 0 amide bonds. The number of hydrogen-bond donors (Lipinski definition) is 1. The molecule has 1 rings (SSSR count). The maximum Gasteiger partial charge on any atom is 0.212 e. The van der Waals surface area contributed by atoms with Crippen molar-refractivity contribution in [3.05, 3.63) is 30.1 Å². The molecule has 1 aromatic heterocycles. The molecule has 0 fully saturated rings. The Morgan fingerprint density at radius 1 is 1.41 bits per heavy atom. The van der Waals surface area contributed by atoms with Gasteiger partial charge in [0.1, 0.15) is 0 Å². The number of rotatable bonds is 6. The van der Waals surface area contributed by atoms with E-state index in [0.29, 0.717) is 11.6 Å². The third-order valence-corrected chi connectivity index (χ3v) is 4.50. The summed E-state index contributed by atoms with van der Waals surface area (Å²) in [7, 11) is -3.31. The standard InChI is InChI=1S/C11H17ClN2O2S/c1-9(7-12)8-17(15,16)14-10(2)11-5-3-4-6-13-11/h3-6,9-10,14H,7-8H2,1-2H3/t9?,10-/m1/s1. The van der Waals surface area contributed by atoms with Crippen LogP contribution < -0.4 is 4.72 Å². The molecule has 0 aliphatic heterocycles. The first-order chi connectivity index (χ1) is 7.94. The van der Waals surface area contributed by atoms with Crippen molar-refractivity contribution in [1.29, 1.82) is 0 Å². The number of halogens is 1. The normalized spacial score (nSPS) is 15.5. The first-order valence-corrected chi connectivity index (χ1v) is 7.60. The average molecular weight is 277 g/mol. The highest BCUT2D eigenvalue weighted by Gasteiger charge is 2.19. The fourth-order valence-electron chi connectivity index (χ4n) is 1.43. The average Bonchev–Trinajstić information content (AvgIpc) is 2.28. The predicted molar refractivity (Wildman–Crippen MR) is 69.5 cm³/mol. The van der Waals surface area contributed by atoms with Gasteiger partial charge >= 0.3 is 0 Å². The van der Waals surface area contributed by atoms with Gasteiger partial charge in [0.2, 0.25) is 10.0 Å². The summed E-state index contributed by atoms with van der Waals surface area (Å²) in [5, 5.41) is 0. The van der Waals surface area contributed by atoms with Gasteiger partial charge in [0.05, 0.1) is 17.5 Å². The maximum absolute atomic E-state index is 11.8. The van der Waals surface area contributed by atoms with Crippen LogP contribution in [-0.4, -0.2) is 25.0 Å². The van der Waals surface area contributed by atoms with Crippen LogP contribution in [0.25, 0.3) is 0 Å². The number of aromatic nitrogens is 1. The molecule has 0 spiro atoms. The Morgan fingerprint density at radius 3 is 2.65 bits per heavy atom. The Balaban J connectivity index is 2.65. The van der Waals surface area contributed by atoms with Crippen LogP contribution in [0.15, 0.2) is 24.4 Å². The fourth-order valence-corrected chi connectivity index (χ4v) is 3.29. The zero-order valence-electron chi connectivity index (χ0n) is 9.93. The summed E-state index contributed by atoms with van der Waals surface area (Å²) in [6.45, 7) is 3.57. The summed E-state index contributed by atoms with van der Waals surface area (Å²) in [6, 6.07) is 5.08. The van der Waals surface area contributed by atoms with Crippen molar-refractivity contribution in [2.24, 2.45) is 5.92 Å². The second kappa shape index (κ2) is 6.33. The molecule has 0 saturated carbocycles. The van der Waals surface area contributed by atoms with E-state index in [0.717, 1.165) is 0 Å². The predicted octanol–water partition coefficient (Wildman–Crippen LogP) is 1.94. The molecular weight excluding hydrogens is 260 g/mol. The molecule has 1 unspecified atom stereocenters. The molecule has 1 aromatic rings. The molecule has 17 heavy (non-hydrogen) atoms. The summed E-state index contributed by atoms with van der Waals surface area (Å²) in [4.78, 5) is 4.11. The third-order valence-electron chi connectivity index (χ3n) is 2.26. The molecule has 1 N–H and O–H groups in total. The quantitative estimate of drug-likeness (QED) is 0.808. The first-order valence-electron chi connectivity index (χ1n) is 5.41. The molecule has 0 aromatic carbocycles. The summed E-state index contributed by atoms with van der Waals surface area (Å²) in [6.07, 6.45) is 1.64. The zero-order valence-corrected chi connectivity index (χ0v) is 11.5. The third kappa shape index (κ3) is 5.02. The van der Waals surface area contributed by atoms with Crippen LogP contribution in [-0.2, 0) is 10.0 Å². The molecule has 2 atom stereocenters. The molecule has 0 bridgehead atoms. The van der Waals surface area contributed by atoms with E-state index in [1.54, 1.807) is 32.2 Å². The van der Waals surface area contributed by atoms with Gasteiger partial charge in [-0.3, -0.25) is 4.98 Å². The Morgan fingerprint density at radius 2 is 2.12 bits per heavy atom. The lowest BCUT2D eigenvalue weighted by Crippen LogP contribution is -2.32. The van der Waals surface area contributed by atoms with E-state index in [1.165, 1.54) is 0 Å². The van der Waals surface area contributed by atoms with Crippen LogP contribution in [0.2, 0.25) is 0 Å². The molecule has 0 radical (unpaired) electrons. The van der Waals surface area contributed by atoms with E-state index in [9.17, 15) is 8.42 Å². The van der Waals surface area contributed by atoms with Crippen molar-refractivity contribution < 1.29 is 8.42 Å². The van der Waals surface area contributed by atoms with Crippen molar-refractivity contribution in [1.82, 2.24) is 9.71 Å². The Hall–Kier alpha value is -0.650. The topological polar surface area (TPSA) is 59.1 Å². The molecule has 1 heterocycles. The zero-order chi connectivity index (χ0) is 12.9. The summed E-state index contributed by atoms with van der Waals surface area (Å²) in [5.74, 6) is 0.303. The molecule has 0 saturated heterocycles. The largest absolute Gasteiger partial charge is 0.260 e. The van der Waals surface area contributed by atoms with Gasteiger partial charge in [-0.1, -0.05) is 13.0 Å². The van der Waals surface area contributed by atoms with Crippen molar-refractivity contribution in [2.75, 3.05) is 11.6 Å². The minimum atomic E-state index is -3.31. The van der Waals surface area contributed by atoms with E-state index < -0.39 is 10.0 Å². The number of nitrogens with one attached hydrogen (secondary N) is 1. The second-order valence-electron chi connectivity index (χ2n) is 4.14. The van der Waals surface area contributed by atoms with Gasteiger partial charge in [-0.2, -0.15) is 0 Å². The van der Waals surface area contributed by atoms with Gasteiger partial charge in [-0.15, -0.1) is 11.6 Å². The minimum Gasteiger partial charge on any atom is -0.260 e. The van der Waals surface area contributed by atoms with Crippen LogP contribution >= 0.6 is 11.6 Å². The monoisotopic (exact) mass is 276 g/mol. The number of hydrogen-bond acceptors (Lipinski definition) is 3. The Kier molecular flexibility index (Phi) is 5.36. The van der Waals surface area contributed by atoms with Gasteiger partial charge in [-0.05, 0) is 25.0 Å². The summed E-state index contributed by atoms with van der Waals surface area (Å²) < 4.78 is 26.2. The van der Waals surface area contributed by atoms with Gasteiger partial charge in [0, 0.05) is 12.1 Å². The lowest BCUT2D eigenvalue weighted by Gasteiger charge is -2.15. The Labute approximate surface area is 107 Å². The SMILES string of the molecule is CC(CCl)CS(=O)(=O)N[C@H](C)c1ccccn1. The van der Waals surface area contributed by atoms with Crippen LogP contribution in [0, 0.1) is 5.92 Å². The Bertz CT molecular complexity index is 436. The molecule has 6 heteroatoms. The number of pyridine rings is 1. The smallest absolute Gasteiger partial charge is 0.212 e. The van der Waals surface area contributed by atoms with Crippen LogP contribution in [0.5, 0.6) is 0 Å². The van der Waals surface area contributed by atoms with Crippen molar-refractivity contribution in [3.63, 3.8) is 0 Å². The van der Waals surface area contributed by atoms with E-state index in [-0.39, 0.29) is 17.7 Å². The van der Waals surface area contributed by atoms with Crippen LogP contribution in [0.3, 0.4) is 0 Å². The van der Waals surface area contributed by atoms with E-state index >= 15 is 0 Å². The highest BCUT2D eigenvalue weighted by molar-refractivity contribution is 7.89. The van der Waals surface area contributed by atoms with Gasteiger partial charge < -0.3 is 0 Å². The lowest BCUT2D eigenvalue weighted by molar-refractivity contribution is 0.552. The van der Waals surface area contributed by atoms with Crippen molar-refractivity contribution in [3.8, 4) is 0 Å². The molecule has 0 aliphatic carbocycles. The van der Waals surface area contributed by atoms with Gasteiger partial charge in [-0.25, -0.2) is 13.1 Å². The highest BCUT2D eigenvalue weighted by atomic mass is 35.5. The van der Waals surface area contributed by atoms with Crippen molar-refractivity contribution >= 4 is 21.6 Å². The van der Waals surface area contributed by atoms with Crippen molar-refractivity contribution in [2.45, 2.75) is 19.9 Å². The number of sulfonamides is 1. The van der Waals surface area contributed by atoms with Gasteiger partial charge in [0.15, 0.2) is 0 Å². The van der Waals surface area contributed by atoms with E-state index in [4.69, 9.17) is 11.6 Å². The highest BCUT2D eigenvalue weighted by Crippen LogP contribution is 2.11. The molecule has 4 nitrogen and oxygen atoms in total. The van der Waals surface area contributed by atoms with E-state index in [2.05, 4.69) is 9.71 Å². The number of nitrogens with zero attached hydrogens (tertiary/aromatic N) is 1.